The Bertz CT molecular complexity index is 171. The van der Waals surface area contributed by atoms with Gasteiger partial charge in [-0.05, 0) is 6.42 Å². The third-order valence-electron chi connectivity index (χ3n) is 1.50. The van der Waals surface area contributed by atoms with Crippen LogP contribution < -0.4 is 0 Å². The first-order valence-electron chi connectivity index (χ1n) is 2.82. The van der Waals surface area contributed by atoms with E-state index in [1.54, 1.807) is 0 Å². The number of rotatable bonds is 0. The number of ketones is 1. The van der Waals surface area contributed by atoms with Gasteiger partial charge in [0.25, 0.3) is 0 Å². The summed E-state index contributed by atoms with van der Waals surface area (Å²) in [6, 6.07) is 0. The van der Waals surface area contributed by atoms with Crippen molar-refractivity contribution in [1.29, 1.82) is 0 Å². The van der Waals surface area contributed by atoms with Crippen LogP contribution in [-0.2, 0) is 9.53 Å². The van der Waals surface area contributed by atoms with Crippen molar-refractivity contribution in [1.82, 2.24) is 0 Å². The number of carbonyl (C=O) groups excluding carboxylic acids is 1. The smallest absolute Gasteiger partial charge is 0.208 e. The van der Waals surface area contributed by atoms with E-state index in [1.807, 2.05) is 0 Å². The van der Waals surface area contributed by atoms with Crippen molar-refractivity contribution in [3.05, 3.63) is 11.5 Å². The van der Waals surface area contributed by atoms with Crippen LogP contribution in [0.3, 0.4) is 0 Å². The Labute approximate surface area is 47.1 Å². The lowest BCUT2D eigenvalue weighted by Gasteiger charge is -1.90. The fraction of sp³-hybridized carbons (Fsp3) is 0.500. The van der Waals surface area contributed by atoms with Crippen molar-refractivity contribution in [2.24, 2.45) is 0 Å². The monoisotopic (exact) mass is 110 g/mol. The van der Waals surface area contributed by atoms with Gasteiger partial charge >= 0.3 is 0 Å². The highest BCUT2D eigenvalue weighted by Gasteiger charge is 2.34. The van der Waals surface area contributed by atoms with Gasteiger partial charge in [-0.25, -0.2) is 0 Å². The van der Waals surface area contributed by atoms with E-state index < -0.39 is 0 Å². The van der Waals surface area contributed by atoms with Gasteiger partial charge in [-0.15, -0.1) is 0 Å². The summed E-state index contributed by atoms with van der Waals surface area (Å²) in [4.78, 5) is 10.7. The second-order valence-electron chi connectivity index (χ2n) is 2.13. The highest BCUT2D eigenvalue weighted by Crippen LogP contribution is 2.36. The van der Waals surface area contributed by atoms with Crippen LogP contribution in [0, 0.1) is 0 Å². The zero-order chi connectivity index (χ0) is 5.56. The molecule has 1 heterocycles. The van der Waals surface area contributed by atoms with Crippen LogP contribution >= 0.6 is 0 Å². The lowest BCUT2D eigenvalue weighted by atomic mass is 10.1. The van der Waals surface area contributed by atoms with E-state index >= 15 is 0 Å². The quantitative estimate of drug-likeness (QED) is 0.465. The molecule has 0 N–H and O–H groups in total. The van der Waals surface area contributed by atoms with Gasteiger partial charge in [0.15, 0.2) is 5.76 Å². The molecule has 0 spiro atoms. The van der Waals surface area contributed by atoms with Gasteiger partial charge in [-0.2, -0.15) is 0 Å². The molecule has 8 heavy (non-hydrogen) atoms. The summed E-state index contributed by atoms with van der Waals surface area (Å²) in [7, 11) is 0. The van der Waals surface area contributed by atoms with Crippen LogP contribution in [0.2, 0.25) is 0 Å². The molecule has 0 bridgehead atoms. The average molecular weight is 110 g/mol. The number of allylic oxidation sites excluding steroid dienone is 2. The normalized spacial score (nSPS) is 24.8. The average Bonchev–Trinajstić information content (AvgIpc) is 2.45. The predicted octanol–water partition coefficient (Wildman–Crippen LogP) is 0.981. The number of hydrogen-bond donors (Lipinski definition) is 0. The number of ether oxygens (including phenoxy) is 1. The molecule has 0 unspecified atom stereocenters. The minimum absolute atomic E-state index is 0.200. The number of Topliss-reactive ketones (excluding diaryl/α,β-unsaturated/α-hetero) is 1. The number of carbonyl (C=O) groups is 1. The lowest BCUT2D eigenvalue weighted by Crippen LogP contribution is -1.96. The molecule has 0 atom stereocenters. The van der Waals surface area contributed by atoms with Crippen molar-refractivity contribution in [2.45, 2.75) is 19.3 Å². The third kappa shape index (κ3) is 0.399. The Morgan fingerprint density at radius 1 is 1.38 bits per heavy atom. The van der Waals surface area contributed by atoms with Gasteiger partial charge in [0.2, 0.25) is 11.5 Å². The van der Waals surface area contributed by atoms with Crippen LogP contribution in [0.5, 0.6) is 0 Å². The summed E-state index contributed by atoms with van der Waals surface area (Å²) in [5.41, 5.74) is 0. The van der Waals surface area contributed by atoms with Crippen LogP contribution in [0.4, 0.5) is 0 Å². The van der Waals surface area contributed by atoms with Gasteiger partial charge in [0.1, 0.15) is 0 Å². The maximum Gasteiger partial charge on any atom is 0.208 e. The SMILES string of the molecule is O=C1CCCC2=C1O2. The summed E-state index contributed by atoms with van der Waals surface area (Å²) in [5.74, 6) is 1.81. The second-order valence-corrected chi connectivity index (χ2v) is 2.13. The van der Waals surface area contributed by atoms with E-state index in [0.717, 1.165) is 18.6 Å². The fourth-order valence-corrected chi connectivity index (χ4v) is 0.998. The topological polar surface area (TPSA) is 29.6 Å². The summed E-state index contributed by atoms with van der Waals surface area (Å²) >= 11 is 0. The largest absolute Gasteiger partial charge is 0.450 e. The van der Waals surface area contributed by atoms with E-state index in [0.29, 0.717) is 12.2 Å². The van der Waals surface area contributed by atoms with E-state index in [9.17, 15) is 4.79 Å². The van der Waals surface area contributed by atoms with Gasteiger partial charge in [-0.1, -0.05) is 0 Å². The molecule has 0 saturated carbocycles. The third-order valence-corrected chi connectivity index (χ3v) is 1.50. The molecular weight excluding hydrogens is 104 g/mol. The first kappa shape index (κ1) is 4.13. The molecule has 0 aromatic rings. The molecular formula is C6H6O2. The maximum absolute atomic E-state index is 10.7. The summed E-state index contributed by atoms with van der Waals surface area (Å²) in [5, 5.41) is 0. The van der Waals surface area contributed by atoms with Crippen molar-refractivity contribution in [2.75, 3.05) is 0 Å². The van der Waals surface area contributed by atoms with E-state index in [-0.39, 0.29) is 5.78 Å². The maximum atomic E-state index is 10.7. The van der Waals surface area contributed by atoms with Crippen LogP contribution in [-0.4, -0.2) is 5.78 Å². The molecule has 0 amide bonds. The molecule has 0 saturated heterocycles. The van der Waals surface area contributed by atoms with E-state index in [4.69, 9.17) is 4.74 Å². The Balaban J connectivity index is 2.29. The van der Waals surface area contributed by atoms with Gasteiger partial charge in [0.05, 0.1) is 0 Å². The van der Waals surface area contributed by atoms with Crippen LogP contribution in [0.25, 0.3) is 0 Å². The Hall–Kier alpha value is -0.790. The molecule has 0 aromatic carbocycles. The molecule has 2 rings (SSSR count). The lowest BCUT2D eigenvalue weighted by molar-refractivity contribution is -0.116. The highest BCUT2D eigenvalue weighted by molar-refractivity contribution is 5.97. The second kappa shape index (κ2) is 1.13. The van der Waals surface area contributed by atoms with Crippen LogP contribution in [0.15, 0.2) is 11.5 Å². The minimum Gasteiger partial charge on any atom is -0.450 e. The Kier molecular flexibility index (Phi) is 0.583. The zero-order valence-corrected chi connectivity index (χ0v) is 4.44. The first-order chi connectivity index (χ1) is 3.88. The zero-order valence-electron chi connectivity index (χ0n) is 4.44. The molecule has 0 fully saturated rings. The van der Waals surface area contributed by atoms with Gasteiger partial charge < -0.3 is 4.74 Å². The molecule has 0 aromatic heterocycles. The van der Waals surface area contributed by atoms with Crippen molar-refractivity contribution >= 4 is 5.78 Å². The molecule has 1 aliphatic carbocycles. The minimum atomic E-state index is 0.200. The van der Waals surface area contributed by atoms with E-state index in [2.05, 4.69) is 0 Å². The molecule has 1 aliphatic heterocycles. The number of hydrogen-bond acceptors (Lipinski definition) is 2. The van der Waals surface area contributed by atoms with Crippen LogP contribution in [0.1, 0.15) is 19.3 Å². The standard InChI is InChI=1S/C6H6O2/c7-4-2-1-3-5-6(4)8-5/h1-3H2. The molecule has 2 nitrogen and oxygen atoms in total. The van der Waals surface area contributed by atoms with Crippen molar-refractivity contribution in [3.8, 4) is 0 Å². The van der Waals surface area contributed by atoms with Gasteiger partial charge in [-0.3, -0.25) is 4.79 Å². The molecule has 42 valence electrons. The molecule has 2 heteroatoms. The highest BCUT2D eigenvalue weighted by atomic mass is 16.6. The Morgan fingerprint density at radius 3 is 2.88 bits per heavy atom. The fourth-order valence-electron chi connectivity index (χ4n) is 0.998. The summed E-state index contributed by atoms with van der Waals surface area (Å²) in [6.07, 6.45) is 2.66. The predicted molar refractivity (Wildman–Crippen MR) is 27.0 cm³/mol. The summed E-state index contributed by atoms with van der Waals surface area (Å²) < 4.78 is 4.87. The van der Waals surface area contributed by atoms with Crippen molar-refractivity contribution < 1.29 is 9.53 Å². The summed E-state index contributed by atoms with van der Waals surface area (Å²) in [6.45, 7) is 0. The van der Waals surface area contributed by atoms with Crippen molar-refractivity contribution in [3.63, 3.8) is 0 Å². The first-order valence-corrected chi connectivity index (χ1v) is 2.82. The van der Waals surface area contributed by atoms with Gasteiger partial charge in [0, 0.05) is 12.8 Å². The molecule has 0 radical (unpaired) electrons. The molecule has 2 aliphatic rings. The Morgan fingerprint density at radius 2 is 2.25 bits per heavy atom. The van der Waals surface area contributed by atoms with E-state index in [1.165, 1.54) is 0 Å².